The van der Waals surface area contributed by atoms with Gasteiger partial charge in [0.1, 0.15) is 0 Å². The topological polar surface area (TPSA) is 193 Å². The molecule has 2 unspecified atom stereocenters. The quantitative estimate of drug-likeness (QED) is 0.259. The van der Waals surface area contributed by atoms with Crippen molar-refractivity contribution in [2.45, 2.75) is 46.0 Å². The summed E-state index contributed by atoms with van der Waals surface area (Å²) in [6, 6.07) is 0. The molecule has 1 saturated heterocycles. The van der Waals surface area contributed by atoms with Crippen LogP contribution < -0.4 is 0 Å². The standard InChI is InChI=1S/C8H10O3.4C3H4O2.C3H8/c9-7-5-3-1-2-4-6(5)8(10)11-7;4*1-2-3(4)5;1-3-2/h5-6H,1-4H2;4*2H,1H2,(H,4,5);3H2,1-2H3. The van der Waals surface area contributed by atoms with Crippen LogP contribution in [0.1, 0.15) is 46.0 Å². The first-order chi connectivity index (χ1) is 15.8. The van der Waals surface area contributed by atoms with Gasteiger partial charge in [0, 0.05) is 24.3 Å². The second-order valence-electron chi connectivity index (χ2n) is 6.11. The molecule has 0 aromatic rings. The molecule has 34 heavy (non-hydrogen) atoms. The number of fused-ring (bicyclic) bond motifs is 1. The van der Waals surface area contributed by atoms with Crippen molar-refractivity contribution >= 4 is 35.8 Å². The number of carbonyl (C=O) groups is 6. The zero-order valence-electron chi connectivity index (χ0n) is 19.5. The first-order valence-corrected chi connectivity index (χ1v) is 9.96. The van der Waals surface area contributed by atoms with Gasteiger partial charge in [0.05, 0.1) is 11.8 Å². The number of carbonyl (C=O) groups excluding carboxylic acids is 2. The molecule has 0 radical (unpaired) electrons. The third kappa shape index (κ3) is 28.0. The Morgan fingerprint density at radius 2 is 0.882 bits per heavy atom. The van der Waals surface area contributed by atoms with Gasteiger partial charge < -0.3 is 25.2 Å². The molecular weight excluding hydrogens is 452 g/mol. The number of cyclic esters (lactones) is 2. The minimum Gasteiger partial charge on any atom is -0.478 e. The molecule has 11 nitrogen and oxygen atoms in total. The predicted octanol–water partition coefficient (Wildman–Crippen LogP) is 3.32. The summed E-state index contributed by atoms with van der Waals surface area (Å²) in [6.07, 6.45) is 8.39. The molecule has 0 amide bonds. The molecule has 0 aromatic carbocycles. The number of carboxylic acid groups (broad SMARTS) is 4. The van der Waals surface area contributed by atoms with Gasteiger partial charge in [0.15, 0.2) is 0 Å². The molecule has 2 fully saturated rings. The maximum Gasteiger partial charge on any atom is 0.327 e. The third-order valence-corrected chi connectivity index (χ3v) is 3.27. The van der Waals surface area contributed by atoms with Gasteiger partial charge in [-0.15, -0.1) is 0 Å². The van der Waals surface area contributed by atoms with Crippen molar-refractivity contribution in [2.24, 2.45) is 11.8 Å². The van der Waals surface area contributed by atoms with E-state index in [1.54, 1.807) is 0 Å². The predicted molar refractivity (Wildman–Crippen MR) is 124 cm³/mol. The van der Waals surface area contributed by atoms with Gasteiger partial charge in [-0.05, 0) is 12.8 Å². The van der Waals surface area contributed by atoms with Gasteiger partial charge >= 0.3 is 35.8 Å². The maximum absolute atomic E-state index is 11.0. The molecular formula is C23H34O11. The summed E-state index contributed by atoms with van der Waals surface area (Å²) in [5.41, 5.74) is 0. The van der Waals surface area contributed by atoms with Crippen LogP contribution in [0, 0.1) is 11.8 Å². The van der Waals surface area contributed by atoms with Gasteiger partial charge in [-0.2, -0.15) is 0 Å². The molecule has 4 N–H and O–H groups in total. The largest absolute Gasteiger partial charge is 0.478 e. The highest BCUT2D eigenvalue weighted by Crippen LogP contribution is 2.36. The van der Waals surface area contributed by atoms with Crippen molar-refractivity contribution in [1.29, 1.82) is 0 Å². The summed E-state index contributed by atoms with van der Waals surface area (Å²) in [6.45, 7) is 16.1. The second kappa shape index (κ2) is 25.2. The summed E-state index contributed by atoms with van der Waals surface area (Å²) in [5, 5.41) is 30.4. The normalized spacial score (nSPS) is 16.2. The van der Waals surface area contributed by atoms with Crippen molar-refractivity contribution in [3.05, 3.63) is 50.6 Å². The van der Waals surface area contributed by atoms with E-state index in [1.165, 1.54) is 6.42 Å². The number of carboxylic acids is 4. The van der Waals surface area contributed by atoms with Crippen LogP contribution in [0.25, 0.3) is 0 Å². The van der Waals surface area contributed by atoms with E-state index in [2.05, 4.69) is 44.9 Å². The van der Waals surface area contributed by atoms with Crippen LogP contribution in [-0.2, 0) is 33.5 Å². The molecule has 0 spiro atoms. The molecule has 11 heteroatoms. The van der Waals surface area contributed by atoms with E-state index in [0.29, 0.717) is 0 Å². The fraction of sp³-hybridized carbons (Fsp3) is 0.391. The van der Waals surface area contributed by atoms with E-state index < -0.39 is 23.9 Å². The summed E-state index contributed by atoms with van der Waals surface area (Å²) >= 11 is 0. The molecule has 0 bridgehead atoms. The Bertz CT molecular complexity index is 614. The minimum absolute atomic E-state index is 0.101. The monoisotopic (exact) mass is 486 g/mol. The Morgan fingerprint density at radius 3 is 1.03 bits per heavy atom. The number of rotatable bonds is 4. The van der Waals surface area contributed by atoms with Gasteiger partial charge in [-0.3, -0.25) is 9.59 Å². The van der Waals surface area contributed by atoms with Crippen LogP contribution in [0.15, 0.2) is 50.6 Å². The highest BCUT2D eigenvalue weighted by atomic mass is 16.6. The van der Waals surface area contributed by atoms with Crippen LogP contribution in [0.2, 0.25) is 0 Å². The molecule has 0 aromatic heterocycles. The Hall–Kier alpha value is -4.02. The van der Waals surface area contributed by atoms with Gasteiger partial charge in [-0.1, -0.05) is 59.4 Å². The Balaban J connectivity index is -0.000000171. The van der Waals surface area contributed by atoms with Crippen LogP contribution in [0.5, 0.6) is 0 Å². The lowest BCUT2D eigenvalue weighted by Gasteiger charge is -2.18. The van der Waals surface area contributed by atoms with Gasteiger partial charge in [-0.25, -0.2) is 19.2 Å². The molecule has 1 aliphatic heterocycles. The van der Waals surface area contributed by atoms with E-state index in [1.807, 2.05) is 0 Å². The van der Waals surface area contributed by atoms with Crippen LogP contribution in [0.3, 0.4) is 0 Å². The summed E-state index contributed by atoms with van der Waals surface area (Å²) in [7, 11) is 0. The molecule has 1 saturated carbocycles. The first kappa shape index (κ1) is 37.3. The smallest absolute Gasteiger partial charge is 0.327 e. The van der Waals surface area contributed by atoms with Crippen molar-refractivity contribution in [2.75, 3.05) is 0 Å². The third-order valence-electron chi connectivity index (χ3n) is 3.27. The second-order valence-corrected chi connectivity index (χ2v) is 6.11. The Morgan fingerprint density at radius 1 is 0.706 bits per heavy atom. The van der Waals surface area contributed by atoms with E-state index >= 15 is 0 Å². The Kier molecular flexibility index (Phi) is 27.7. The summed E-state index contributed by atoms with van der Waals surface area (Å²) in [5.74, 6) is -4.71. The fourth-order valence-electron chi connectivity index (χ4n) is 1.95. The highest BCUT2D eigenvalue weighted by Gasteiger charge is 2.44. The molecule has 1 aliphatic carbocycles. The summed E-state index contributed by atoms with van der Waals surface area (Å²) in [4.78, 5) is 59.0. The zero-order chi connectivity index (χ0) is 27.7. The van der Waals surface area contributed by atoms with Crippen molar-refractivity contribution in [3.8, 4) is 0 Å². The van der Waals surface area contributed by atoms with E-state index in [4.69, 9.17) is 20.4 Å². The average molecular weight is 487 g/mol. The van der Waals surface area contributed by atoms with E-state index in [9.17, 15) is 28.8 Å². The highest BCUT2D eigenvalue weighted by molar-refractivity contribution is 5.96. The molecule has 1 heterocycles. The zero-order valence-corrected chi connectivity index (χ0v) is 19.5. The van der Waals surface area contributed by atoms with Gasteiger partial charge in [0.25, 0.3) is 0 Å². The van der Waals surface area contributed by atoms with Crippen molar-refractivity contribution in [3.63, 3.8) is 0 Å². The van der Waals surface area contributed by atoms with Crippen molar-refractivity contribution < 1.29 is 53.9 Å². The molecule has 2 atom stereocenters. The minimum atomic E-state index is -0.981. The van der Waals surface area contributed by atoms with Crippen LogP contribution in [-0.4, -0.2) is 56.2 Å². The molecule has 192 valence electrons. The number of esters is 2. The fourth-order valence-corrected chi connectivity index (χ4v) is 1.95. The lowest BCUT2D eigenvalue weighted by atomic mass is 9.81. The number of aliphatic carboxylic acids is 4. The molecule has 2 rings (SSSR count). The van der Waals surface area contributed by atoms with Crippen molar-refractivity contribution in [1.82, 2.24) is 0 Å². The van der Waals surface area contributed by atoms with E-state index in [0.717, 1.165) is 50.0 Å². The summed E-state index contributed by atoms with van der Waals surface area (Å²) < 4.78 is 4.53. The lowest BCUT2D eigenvalue weighted by Crippen LogP contribution is -2.21. The Labute approximate surface area is 198 Å². The number of hydrogen-bond donors (Lipinski definition) is 4. The number of ether oxygens (including phenoxy) is 1. The average Bonchev–Trinajstić information content (AvgIpc) is 3.09. The maximum atomic E-state index is 11.0. The number of hydrogen-bond acceptors (Lipinski definition) is 7. The first-order valence-electron chi connectivity index (χ1n) is 9.96. The molecule has 2 aliphatic rings. The van der Waals surface area contributed by atoms with Crippen LogP contribution >= 0.6 is 0 Å². The van der Waals surface area contributed by atoms with Crippen LogP contribution in [0.4, 0.5) is 0 Å². The van der Waals surface area contributed by atoms with Gasteiger partial charge in [0.2, 0.25) is 0 Å². The SMILES string of the molecule is C=CC(=O)O.C=CC(=O)O.C=CC(=O)O.C=CC(=O)O.CCC.O=C1OC(=O)C2CCCCC12. The van der Waals surface area contributed by atoms with E-state index in [-0.39, 0.29) is 23.8 Å². The lowest BCUT2D eigenvalue weighted by molar-refractivity contribution is -0.154.